The zero-order chi connectivity index (χ0) is 11.6. The Morgan fingerprint density at radius 2 is 2.31 bits per heavy atom. The summed E-state index contributed by atoms with van der Waals surface area (Å²) in [6.07, 6.45) is 1.93. The Morgan fingerprint density at radius 1 is 1.50 bits per heavy atom. The van der Waals surface area contributed by atoms with Gasteiger partial charge >= 0.3 is 0 Å². The fourth-order valence-corrected chi connectivity index (χ4v) is 2.34. The molecule has 1 heterocycles. The average Bonchev–Trinajstić information content (AvgIpc) is 2.26. The second-order valence-electron chi connectivity index (χ2n) is 4.39. The zero-order valence-electron chi connectivity index (χ0n) is 8.97. The fraction of sp³-hybridized carbons (Fsp3) is 0.500. The van der Waals surface area contributed by atoms with Crippen molar-refractivity contribution in [2.75, 3.05) is 13.1 Å². The van der Waals surface area contributed by atoms with Gasteiger partial charge in [0, 0.05) is 13.0 Å². The highest BCUT2D eigenvalue weighted by atomic mass is 35.5. The van der Waals surface area contributed by atoms with Gasteiger partial charge in [-0.3, -0.25) is 0 Å². The quantitative estimate of drug-likeness (QED) is 0.834. The molecule has 0 bridgehead atoms. The molecule has 1 aliphatic heterocycles. The molecule has 4 heteroatoms. The van der Waals surface area contributed by atoms with Crippen LogP contribution in [-0.4, -0.2) is 23.8 Å². The molecule has 88 valence electrons. The maximum atomic E-state index is 13.7. The van der Waals surface area contributed by atoms with E-state index < -0.39 is 11.4 Å². The van der Waals surface area contributed by atoms with E-state index in [9.17, 15) is 9.50 Å². The number of hydrogen-bond donors (Lipinski definition) is 2. The van der Waals surface area contributed by atoms with Gasteiger partial charge < -0.3 is 10.4 Å². The molecule has 0 aliphatic carbocycles. The Balaban J connectivity index is 2.16. The van der Waals surface area contributed by atoms with Crippen LogP contribution in [0, 0.1) is 5.82 Å². The van der Waals surface area contributed by atoms with Gasteiger partial charge in [0.15, 0.2) is 0 Å². The summed E-state index contributed by atoms with van der Waals surface area (Å²) < 4.78 is 13.7. The first-order chi connectivity index (χ1) is 7.61. The molecule has 1 fully saturated rings. The van der Waals surface area contributed by atoms with Crippen molar-refractivity contribution in [3.05, 3.63) is 34.6 Å². The van der Waals surface area contributed by atoms with Crippen LogP contribution in [0.2, 0.25) is 5.02 Å². The summed E-state index contributed by atoms with van der Waals surface area (Å²) in [4.78, 5) is 0. The number of aliphatic hydroxyl groups is 1. The second kappa shape index (κ2) is 4.70. The second-order valence-corrected chi connectivity index (χ2v) is 4.80. The predicted octanol–water partition coefficient (Wildman–Crippen LogP) is 2.14. The molecular formula is C12H15ClFNO. The molecule has 1 saturated heterocycles. The molecule has 2 nitrogen and oxygen atoms in total. The van der Waals surface area contributed by atoms with Crippen molar-refractivity contribution in [1.82, 2.24) is 5.32 Å². The molecule has 1 aliphatic rings. The highest BCUT2D eigenvalue weighted by molar-refractivity contribution is 6.30. The largest absolute Gasteiger partial charge is 0.388 e. The molecule has 0 spiro atoms. The van der Waals surface area contributed by atoms with E-state index in [2.05, 4.69) is 5.32 Å². The first-order valence-electron chi connectivity index (χ1n) is 5.47. The highest BCUT2D eigenvalue weighted by Crippen LogP contribution is 2.25. The normalized spacial score (nSPS) is 25.7. The number of nitrogens with one attached hydrogen (secondary N) is 1. The van der Waals surface area contributed by atoms with Gasteiger partial charge in [-0.05, 0) is 31.0 Å². The van der Waals surface area contributed by atoms with Gasteiger partial charge in [-0.25, -0.2) is 4.39 Å². The van der Waals surface area contributed by atoms with Crippen LogP contribution in [0.5, 0.6) is 0 Å². The molecular weight excluding hydrogens is 229 g/mol. The third-order valence-electron chi connectivity index (χ3n) is 3.00. The van der Waals surface area contributed by atoms with Crippen LogP contribution in [-0.2, 0) is 6.42 Å². The lowest BCUT2D eigenvalue weighted by atomic mass is 9.87. The van der Waals surface area contributed by atoms with Crippen molar-refractivity contribution >= 4 is 11.6 Å². The molecule has 1 atom stereocenters. The molecule has 2 rings (SSSR count). The van der Waals surface area contributed by atoms with Crippen LogP contribution in [0.4, 0.5) is 4.39 Å². The van der Waals surface area contributed by atoms with E-state index in [-0.39, 0.29) is 5.02 Å². The minimum absolute atomic E-state index is 0.116. The molecule has 2 N–H and O–H groups in total. The number of benzene rings is 1. The monoisotopic (exact) mass is 243 g/mol. The summed E-state index contributed by atoms with van der Waals surface area (Å²) in [6.45, 7) is 1.43. The molecule has 0 radical (unpaired) electrons. The minimum atomic E-state index is -0.843. The number of halogens is 2. The van der Waals surface area contributed by atoms with Gasteiger partial charge in [0.2, 0.25) is 0 Å². The van der Waals surface area contributed by atoms with E-state index in [0.29, 0.717) is 24.9 Å². The van der Waals surface area contributed by atoms with Crippen LogP contribution < -0.4 is 5.32 Å². The van der Waals surface area contributed by atoms with E-state index in [1.807, 2.05) is 0 Å². The van der Waals surface area contributed by atoms with Crippen LogP contribution >= 0.6 is 11.6 Å². The van der Waals surface area contributed by atoms with E-state index in [1.54, 1.807) is 12.1 Å². The molecule has 0 saturated carbocycles. The van der Waals surface area contributed by atoms with Crippen molar-refractivity contribution in [1.29, 1.82) is 0 Å². The number of β-amino-alcohol motifs (C(OH)–C–C–N with tert-alkyl or cyclic N) is 1. The predicted molar refractivity (Wildman–Crippen MR) is 62.2 cm³/mol. The number of rotatable bonds is 2. The van der Waals surface area contributed by atoms with E-state index in [0.717, 1.165) is 13.0 Å². The molecule has 1 aromatic rings. The van der Waals surface area contributed by atoms with Gasteiger partial charge in [-0.2, -0.15) is 0 Å². The van der Waals surface area contributed by atoms with Crippen LogP contribution in [0.3, 0.4) is 0 Å². The van der Waals surface area contributed by atoms with Crippen molar-refractivity contribution in [3.63, 3.8) is 0 Å². The molecule has 1 aromatic carbocycles. The summed E-state index contributed by atoms with van der Waals surface area (Å²) in [5.41, 5.74) is -0.359. The number of hydrogen-bond acceptors (Lipinski definition) is 2. The lowest BCUT2D eigenvalue weighted by Gasteiger charge is -2.32. The Bertz CT molecular complexity index is 377. The maximum absolute atomic E-state index is 13.7. The van der Waals surface area contributed by atoms with Crippen molar-refractivity contribution in [2.24, 2.45) is 0 Å². The fourth-order valence-electron chi connectivity index (χ4n) is 2.14. The first-order valence-corrected chi connectivity index (χ1v) is 5.84. The summed E-state index contributed by atoms with van der Waals surface area (Å²) in [5.74, 6) is -0.414. The average molecular weight is 244 g/mol. The maximum Gasteiger partial charge on any atom is 0.145 e. The minimum Gasteiger partial charge on any atom is -0.388 e. The lowest BCUT2D eigenvalue weighted by molar-refractivity contribution is 0.0162. The van der Waals surface area contributed by atoms with E-state index >= 15 is 0 Å². The van der Waals surface area contributed by atoms with Gasteiger partial charge in [0.1, 0.15) is 5.82 Å². The molecule has 0 aromatic heterocycles. The van der Waals surface area contributed by atoms with Crippen molar-refractivity contribution in [2.45, 2.75) is 24.9 Å². The van der Waals surface area contributed by atoms with Gasteiger partial charge in [-0.1, -0.05) is 23.7 Å². The summed E-state index contributed by atoms with van der Waals surface area (Å²) in [7, 11) is 0. The van der Waals surface area contributed by atoms with Gasteiger partial charge in [0.25, 0.3) is 0 Å². The summed E-state index contributed by atoms with van der Waals surface area (Å²) in [5, 5.41) is 13.5. The Morgan fingerprint density at radius 3 is 3.00 bits per heavy atom. The van der Waals surface area contributed by atoms with Crippen molar-refractivity contribution < 1.29 is 9.50 Å². The standard InChI is InChI=1S/C12H15ClFNO/c13-10-4-1-3-9(11(10)14)7-12(16)5-2-6-15-8-12/h1,3-4,15-16H,2,5-8H2. The van der Waals surface area contributed by atoms with Crippen LogP contribution in [0.25, 0.3) is 0 Å². The molecule has 1 unspecified atom stereocenters. The first kappa shape index (κ1) is 11.8. The van der Waals surface area contributed by atoms with Gasteiger partial charge in [0.05, 0.1) is 10.6 Å². The molecule has 0 amide bonds. The molecule has 16 heavy (non-hydrogen) atoms. The topological polar surface area (TPSA) is 32.3 Å². The zero-order valence-corrected chi connectivity index (χ0v) is 9.73. The van der Waals surface area contributed by atoms with E-state index in [1.165, 1.54) is 6.07 Å². The smallest absolute Gasteiger partial charge is 0.145 e. The Labute approximate surface area is 99.4 Å². The SMILES string of the molecule is OC1(Cc2cccc(Cl)c2F)CCCNC1. The Hall–Kier alpha value is -0.640. The third kappa shape index (κ3) is 2.54. The summed E-state index contributed by atoms with van der Waals surface area (Å²) in [6, 6.07) is 4.90. The highest BCUT2D eigenvalue weighted by Gasteiger charge is 2.30. The van der Waals surface area contributed by atoms with Crippen LogP contribution in [0.15, 0.2) is 18.2 Å². The summed E-state index contributed by atoms with van der Waals surface area (Å²) >= 11 is 5.70. The third-order valence-corrected chi connectivity index (χ3v) is 3.29. The lowest BCUT2D eigenvalue weighted by Crippen LogP contribution is -2.47. The van der Waals surface area contributed by atoms with Crippen molar-refractivity contribution in [3.8, 4) is 0 Å². The van der Waals surface area contributed by atoms with E-state index in [4.69, 9.17) is 11.6 Å². The van der Waals surface area contributed by atoms with Crippen LogP contribution in [0.1, 0.15) is 18.4 Å². The van der Waals surface area contributed by atoms with Gasteiger partial charge in [-0.15, -0.1) is 0 Å². The Kier molecular flexibility index (Phi) is 3.47. The number of piperidine rings is 1.